The molecule has 6 heteroatoms. The molecule has 120 valence electrons. The first-order chi connectivity index (χ1) is 10.4. The monoisotopic (exact) mass is 320 g/mol. The Balaban J connectivity index is 2.73. The summed E-state index contributed by atoms with van der Waals surface area (Å²) in [5.74, 6) is -0.0612. The number of hydrogen-bond acceptors (Lipinski definition) is 5. The number of rotatable bonds is 7. The maximum atomic E-state index is 12.3. The quantitative estimate of drug-likeness (QED) is 0.571. The van der Waals surface area contributed by atoms with Crippen LogP contribution in [0.3, 0.4) is 0 Å². The average Bonchev–Trinajstić information content (AvgIpc) is 2.50. The van der Waals surface area contributed by atoms with Gasteiger partial charge in [-0.05, 0) is 45.9 Å². The van der Waals surface area contributed by atoms with Crippen LogP contribution in [0.15, 0.2) is 5.16 Å². The molecule has 1 amide bonds. The first kappa shape index (κ1) is 18.4. The predicted molar refractivity (Wildman–Crippen MR) is 88.6 cm³/mol. The van der Waals surface area contributed by atoms with Crippen LogP contribution in [0.1, 0.15) is 37.2 Å². The molecule has 0 aliphatic rings. The highest BCUT2D eigenvalue weighted by Gasteiger charge is 2.16. The van der Waals surface area contributed by atoms with Crippen molar-refractivity contribution in [1.29, 1.82) is 5.26 Å². The van der Waals surface area contributed by atoms with Gasteiger partial charge in [0.15, 0.2) is 5.16 Å². The van der Waals surface area contributed by atoms with Crippen molar-refractivity contribution < 1.29 is 4.79 Å². The van der Waals surface area contributed by atoms with Crippen molar-refractivity contribution in [3.63, 3.8) is 0 Å². The standard InChI is InChI=1S/C16H24N4OS/c1-6-20(10-11(2)9-17)15(21)8-7-14-12(3)18-16(22-5)19-13(14)4/h11H,6-8,10H2,1-5H3/t11-/m0/s1. The van der Waals surface area contributed by atoms with Crippen LogP contribution >= 0.6 is 11.8 Å². The highest BCUT2D eigenvalue weighted by molar-refractivity contribution is 7.98. The second-order valence-corrected chi connectivity index (χ2v) is 6.10. The van der Waals surface area contributed by atoms with Crippen molar-refractivity contribution in [1.82, 2.24) is 14.9 Å². The predicted octanol–water partition coefficient (Wildman–Crippen LogP) is 2.76. The third-order valence-corrected chi connectivity index (χ3v) is 4.17. The molecule has 5 nitrogen and oxygen atoms in total. The number of nitrogens with zero attached hydrogens (tertiary/aromatic N) is 4. The molecule has 0 N–H and O–H groups in total. The number of carbonyl (C=O) groups excluding carboxylic acids is 1. The molecule has 0 fully saturated rings. The molecule has 22 heavy (non-hydrogen) atoms. The van der Waals surface area contributed by atoms with Gasteiger partial charge in [0.25, 0.3) is 0 Å². The Bertz CT molecular complexity index is 545. The van der Waals surface area contributed by atoms with E-state index in [0.717, 1.165) is 22.1 Å². The second-order valence-electron chi connectivity index (χ2n) is 5.32. The molecule has 1 aromatic heterocycles. The van der Waals surface area contributed by atoms with Gasteiger partial charge in [-0.3, -0.25) is 4.79 Å². The van der Waals surface area contributed by atoms with Crippen LogP contribution in [-0.4, -0.2) is 40.1 Å². The van der Waals surface area contributed by atoms with Crippen LogP contribution in [0, 0.1) is 31.1 Å². The van der Waals surface area contributed by atoms with Gasteiger partial charge >= 0.3 is 0 Å². The first-order valence-electron chi connectivity index (χ1n) is 7.48. The molecule has 0 aromatic carbocycles. The van der Waals surface area contributed by atoms with E-state index in [4.69, 9.17) is 5.26 Å². The lowest BCUT2D eigenvalue weighted by Gasteiger charge is -2.22. The Labute approximate surface area is 137 Å². The molecule has 0 bridgehead atoms. The highest BCUT2D eigenvalue weighted by Crippen LogP contribution is 2.17. The molecule has 0 spiro atoms. The molecule has 0 saturated carbocycles. The number of thioether (sulfide) groups is 1. The van der Waals surface area contributed by atoms with E-state index in [1.807, 2.05) is 34.0 Å². The summed E-state index contributed by atoms with van der Waals surface area (Å²) in [4.78, 5) is 22.9. The lowest BCUT2D eigenvalue weighted by molar-refractivity contribution is -0.131. The molecule has 0 unspecified atom stereocenters. The van der Waals surface area contributed by atoms with Crippen molar-refractivity contribution in [3.8, 4) is 6.07 Å². The average molecular weight is 320 g/mol. The summed E-state index contributed by atoms with van der Waals surface area (Å²) in [5.41, 5.74) is 2.94. The summed E-state index contributed by atoms with van der Waals surface area (Å²) in [6.45, 7) is 8.82. The van der Waals surface area contributed by atoms with Crippen LogP contribution in [-0.2, 0) is 11.2 Å². The molecular weight excluding hydrogens is 296 g/mol. The number of aromatic nitrogens is 2. The van der Waals surface area contributed by atoms with E-state index in [-0.39, 0.29) is 11.8 Å². The minimum absolute atomic E-state index is 0.0809. The van der Waals surface area contributed by atoms with E-state index in [1.54, 1.807) is 4.90 Å². The Morgan fingerprint density at radius 3 is 2.41 bits per heavy atom. The molecule has 0 radical (unpaired) electrons. The summed E-state index contributed by atoms with van der Waals surface area (Å²) in [5, 5.41) is 9.65. The Kier molecular flexibility index (Phi) is 7.33. The minimum Gasteiger partial charge on any atom is -0.342 e. The number of nitriles is 1. The van der Waals surface area contributed by atoms with Gasteiger partial charge in [0.1, 0.15) is 0 Å². The number of hydrogen-bond donors (Lipinski definition) is 0. The molecule has 0 aliphatic carbocycles. The zero-order valence-electron chi connectivity index (χ0n) is 14.0. The maximum Gasteiger partial charge on any atom is 0.222 e. The third-order valence-electron chi connectivity index (χ3n) is 3.62. The zero-order chi connectivity index (χ0) is 16.7. The van der Waals surface area contributed by atoms with E-state index in [2.05, 4.69) is 16.0 Å². The summed E-state index contributed by atoms with van der Waals surface area (Å²) < 4.78 is 0. The van der Waals surface area contributed by atoms with Crippen LogP contribution in [0.5, 0.6) is 0 Å². The van der Waals surface area contributed by atoms with E-state index < -0.39 is 0 Å². The lowest BCUT2D eigenvalue weighted by Crippen LogP contribution is -2.34. The molecule has 1 rings (SSSR count). The van der Waals surface area contributed by atoms with Crippen LogP contribution in [0.2, 0.25) is 0 Å². The van der Waals surface area contributed by atoms with Crippen LogP contribution in [0.25, 0.3) is 0 Å². The summed E-state index contributed by atoms with van der Waals surface area (Å²) >= 11 is 1.52. The van der Waals surface area contributed by atoms with E-state index in [0.29, 0.717) is 25.9 Å². The second kappa shape index (κ2) is 8.74. The summed E-state index contributed by atoms with van der Waals surface area (Å²) in [7, 11) is 0. The molecule has 1 heterocycles. The van der Waals surface area contributed by atoms with Crippen molar-refractivity contribution in [2.45, 2.75) is 45.7 Å². The summed E-state index contributed by atoms with van der Waals surface area (Å²) in [6.07, 6.45) is 3.02. The fourth-order valence-electron chi connectivity index (χ4n) is 2.33. The Morgan fingerprint density at radius 1 is 1.36 bits per heavy atom. The molecule has 1 atom stereocenters. The van der Waals surface area contributed by atoms with E-state index in [9.17, 15) is 4.79 Å². The zero-order valence-corrected chi connectivity index (χ0v) is 14.8. The lowest BCUT2D eigenvalue weighted by atomic mass is 10.1. The van der Waals surface area contributed by atoms with Crippen molar-refractivity contribution in [2.75, 3.05) is 19.3 Å². The van der Waals surface area contributed by atoms with Gasteiger partial charge in [0.05, 0.1) is 12.0 Å². The number of aryl methyl sites for hydroxylation is 2. The van der Waals surface area contributed by atoms with Crippen molar-refractivity contribution in [3.05, 3.63) is 17.0 Å². The van der Waals surface area contributed by atoms with Crippen molar-refractivity contribution >= 4 is 17.7 Å². The van der Waals surface area contributed by atoms with Crippen LogP contribution < -0.4 is 0 Å². The smallest absolute Gasteiger partial charge is 0.222 e. The van der Waals surface area contributed by atoms with Gasteiger partial charge in [0.2, 0.25) is 5.91 Å². The van der Waals surface area contributed by atoms with Gasteiger partial charge in [-0.1, -0.05) is 11.8 Å². The maximum absolute atomic E-state index is 12.3. The minimum atomic E-state index is -0.142. The van der Waals surface area contributed by atoms with Crippen LogP contribution in [0.4, 0.5) is 0 Å². The van der Waals surface area contributed by atoms with E-state index >= 15 is 0 Å². The fraction of sp³-hybridized carbons (Fsp3) is 0.625. The molecule has 0 aliphatic heterocycles. The largest absolute Gasteiger partial charge is 0.342 e. The van der Waals surface area contributed by atoms with Crippen molar-refractivity contribution in [2.24, 2.45) is 5.92 Å². The van der Waals surface area contributed by atoms with Gasteiger partial charge in [-0.15, -0.1) is 0 Å². The summed E-state index contributed by atoms with van der Waals surface area (Å²) in [6, 6.07) is 2.17. The Morgan fingerprint density at radius 2 is 1.95 bits per heavy atom. The highest BCUT2D eigenvalue weighted by atomic mass is 32.2. The van der Waals surface area contributed by atoms with Gasteiger partial charge in [-0.25, -0.2) is 9.97 Å². The molecular formula is C16H24N4OS. The fourth-order valence-corrected chi connectivity index (χ4v) is 2.79. The van der Waals surface area contributed by atoms with Gasteiger partial charge in [0, 0.05) is 30.9 Å². The number of amides is 1. The normalized spacial score (nSPS) is 11.8. The first-order valence-corrected chi connectivity index (χ1v) is 8.70. The molecule has 0 saturated heterocycles. The number of carbonyl (C=O) groups is 1. The third kappa shape index (κ3) is 4.99. The Hall–Kier alpha value is -1.61. The van der Waals surface area contributed by atoms with Gasteiger partial charge < -0.3 is 4.90 Å². The van der Waals surface area contributed by atoms with Gasteiger partial charge in [-0.2, -0.15) is 5.26 Å². The SMILES string of the molecule is CCN(C[C@@H](C)C#N)C(=O)CCc1c(C)nc(SC)nc1C. The van der Waals surface area contributed by atoms with E-state index in [1.165, 1.54) is 11.8 Å². The topological polar surface area (TPSA) is 69.9 Å². The molecule has 1 aromatic rings.